The van der Waals surface area contributed by atoms with Crippen LogP contribution in [0.5, 0.6) is 5.75 Å². The summed E-state index contributed by atoms with van der Waals surface area (Å²) in [4.78, 5) is 27.8. The van der Waals surface area contributed by atoms with Gasteiger partial charge in [0.05, 0.1) is 18.7 Å². The number of hydrogen-bond donors (Lipinski definition) is 2. The summed E-state index contributed by atoms with van der Waals surface area (Å²) in [5, 5.41) is 5.77. The molecule has 0 aliphatic rings. The molecule has 0 unspecified atom stereocenters. The first-order chi connectivity index (χ1) is 13.0. The number of primary amides is 1. The van der Waals surface area contributed by atoms with E-state index in [9.17, 15) is 9.59 Å². The molecule has 27 heavy (non-hydrogen) atoms. The Hall–Kier alpha value is -2.90. The van der Waals surface area contributed by atoms with E-state index >= 15 is 0 Å². The zero-order valence-corrected chi connectivity index (χ0v) is 15.7. The first-order valence-corrected chi connectivity index (χ1v) is 9.31. The summed E-state index contributed by atoms with van der Waals surface area (Å²) in [5.74, 6) is -0.351. The molecule has 0 atom stereocenters. The van der Waals surface area contributed by atoms with E-state index in [0.29, 0.717) is 27.2 Å². The number of thiazole rings is 1. The van der Waals surface area contributed by atoms with E-state index in [1.54, 1.807) is 41.8 Å². The number of rotatable bonds is 7. The molecule has 0 aliphatic heterocycles. The SMILES string of the molecule is NC(=O)CCOc1ccccc1NC(=O)c1csc(-c2cccc(Cl)c2)n1. The van der Waals surface area contributed by atoms with E-state index < -0.39 is 5.91 Å². The number of carbonyl (C=O) groups excluding carboxylic acids is 2. The number of benzene rings is 2. The van der Waals surface area contributed by atoms with Crippen molar-refractivity contribution in [3.8, 4) is 16.3 Å². The Morgan fingerprint density at radius 1 is 1.19 bits per heavy atom. The highest BCUT2D eigenvalue weighted by molar-refractivity contribution is 7.13. The second-order valence-electron chi connectivity index (χ2n) is 5.56. The zero-order chi connectivity index (χ0) is 19.2. The van der Waals surface area contributed by atoms with Gasteiger partial charge in [-0.15, -0.1) is 11.3 Å². The van der Waals surface area contributed by atoms with Crippen LogP contribution in [-0.4, -0.2) is 23.4 Å². The van der Waals surface area contributed by atoms with Gasteiger partial charge in [-0.1, -0.05) is 35.9 Å². The first kappa shape index (κ1) is 18.9. The van der Waals surface area contributed by atoms with Gasteiger partial charge in [0.2, 0.25) is 5.91 Å². The van der Waals surface area contributed by atoms with E-state index in [1.165, 1.54) is 11.3 Å². The highest BCUT2D eigenvalue weighted by atomic mass is 35.5. The van der Waals surface area contributed by atoms with Crippen molar-refractivity contribution in [2.75, 3.05) is 11.9 Å². The van der Waals surface area contributed by atoms with Gasteiger partial charge in [0.15, 0.2) is 0 Å². The van der Waals surface area contributed by atoms with Crippen LogP contribution in [0.1, 0.15) is 16.9 Å². The fraction of sp³-hybridized carbons (Fsp3) is 0.105. The smallest absolute Gasteiger partial charge is 0.275 e. The van der Waals surface area contributed by atoms with Gasteiger partial charge in [-0.25, -0.2) is 4.98 Å². The first-order valence-electron chi connectivity index (χ1n) is 8.06. The fourth-order valence-electron chi connectivity index (χ4n) is 2.28. The molecule has 1 aromatic heterocycles. The van der Waals surface area contributed by atoms with Crippen LogP contribution < -0.4 is 15.8 Å². The number of nitrogens with two attached hydrogens (primary N) is 1. The van der Waals surface area contributed by atoms with Gasteiger partial charge in [0.1, 0.15) is 16.5 Å². The molecule has 0 spiro atoms. The summed E-state index contributed by atoms with van der Waals surface area (Å²) < 4.78 is 5.52. The van der Waals surface area contributed by atoms with Crippen molar-refractivity contribution in [2.45, 2.75) is 6.42 Å². The van der Waals surface area contributed by atoms with Gasteiger partial charge in [-0.2, -0.15) is 0 Å². The Bertz CT molecular complexity index is 974. The third kappa shape index (κ3) is 5.06. The van der Waals surface area contributed by atoms with Crippen LogP contribution in [0.15, 0.2) is 53.9 Å². The van der Waals surface area contributed by atoms with E-state index in [4.69, 9.17) is 22.1 Å². The molecule has 0 radical (unpaired) electrons. The molecule has 8 heteroatoms. The van der Waals surface area contributed by atoms with Crippen molar-refractivity contribution in [3.05, 3.63) is 64.6 Å². The topological polar surface area (TPSA) is 94.3 Å². The average molecular weight is 402 g/mol. The van der Waals surface area contributed by atoms with Crippen LogP contribution in [-0.2, 0) is 4.79 Å². The lowest BCUT2D eigenvalue weighted by Crippen LogP contribution is -2.16. The predicted molar refractivity (Wildman–Crippen MR) is 106 cm³/mol. The number of anilines is 1. The summed E-state index contributed by atoms with van der Waals surface area (Å²) in [6, 6.07) is 14.2. The number of aromatic nitrogens is 1. The Kier molecular flexibility index (Phi) is 6.05. The second-order valence-corrected chi connectivity index (χ2v) is 6.86. The minimum absolute atomic E-state index is 0.0946. The number of ether oxygens (including phenoxy) is 1. The molecule has 0 saturated carbocycles. The lowest BCUT2D eigenvalue weighted by Gasteiger charge is -2.11. The average Bonchev–Trinajstić information content (AvgIpc) is 3.13. The molecule has 3 rings (SSSR count). The number of carbonyl (C=O) groups is 2. The zero-order valence-electron chi connectivity index (χ0n) is 14.1. The van der Waals surface area contributed by atoms with Gasteiger partial charge >= 0.3 is 0 Å². The molecular weight excluding hydrogens is 386 g/mol. The number of amides is 2. The van der Waals surface area contributed by atoms with Gasteiger partial charge in [-0.05, 0) is 24.3 Å². The fourth-order valence-corrected chi connectivity index (χ4v) is 3.26. The summed E-state index contributed by atoms with van der Waals surface area (Å²) in [5.41, 5.74) is 6.74. The minimum Gasteiger partial charge on any atom is -0.491 e. The molecule has 6 nitrogen and oxygen atoms in total. The maximum Gasteiger partial charge on any atom is 0.275 e. The molecule has 0 saturated heterocycles. The normalized spacial score (nSPS) is 10.4. The number of para-hydroxylation sites is 2. The van der Waals surface area contributed by atoms with E-state index in [1.807, 2.05) is 12.1 Å². The molecular formula is C19H16ClN3O3S. The molecule has 0 bridgehead atoms. The van der Waals surface area contributed by atoms with Crippen LogP contribution in [0.3, 0.4) is 0 Å². The number of halogens is 1. The standard InChI is InChI=1S/C19H16ClN3O3S/c20-13-5-3-4-12(10-13)19-23-15(11-27-19)18(25)22-14-6-1-2-7-16(14)26-9-8-17(21)24/h1-7,10-11H,8-9H2,(H2,21,24)(H,22,25). The Morgan fingerprint density at radius 3 is 2.78 bits per heavy atom. The van der Waals surface area contributed by atoms with Crippen molar-refractivity contribution >= 4 is 40.4 Å². The lowest BCUT2D eigenvalue weighted by molar-refractivity contribution is -0.118. The Labute approximate surface area is 164 Å². The van der Waals surface area contributed by atoms with Crippen molar-refractivity contribution in [3.63, 3.8) is 0 Å². The van der Waals surface area contributed by atoms with E-state index in [2.05, 4.69) is 10.3 Å². The Balaban J connectivity index is 1.72. The highest BCUT2D eigenvalue weighted by Crippen LogP contribution is 2.28. The van der Waals surface area contributed by atoms with Gasteiger partial charge < -0.3 is 15.8 Å². The van der Waals surface area contributed by atoms with Crippen molar-refractivity contribution in [1.29, 1.82) is 0 Å². The predicted octanol–water partition coefficient (Wildman–Crippen LogP) is 3.97. The van der Waals surface area contributed by atoms with Crippen LogP contribution in [0, 0.1) is 0 Å². The summed E-state index contributed by atoms with van der Waals surface area (Å²) in [6.45, 7) is 0.137. The Morgan fingerprint density at radius 2 is 2.00 bits per heavy atom. The van der Waals surface area contributed by atoms with E-state index in [-0.39, 0.29) is 18.9 Å². The molecule has 3 N–H and O–H groups in total. The number of nitrogens with one attached hydrogen (secondary N) is 1. The van der Waals surface area contributed by atoms with Crippen molar-refractivity contribution in [1.82, 2.24) is 4.98 Å². The van der Waals surface area contributed by atoms with Crippen LogP contribution in [0.25, 0.3) is 10.6 Å². The number of nitrogens with zero attached hydrogens (tertiary/aromatic N) is 1. The summed E-state index contributed by atoms with van der Waals surface area (Å²) >= 11 is 7.36. The van der Waals surface area contributed by atoms with Crippen LogP contribution >= 0.6 is 22.9 Å². The van der Waals surface area contributed by atoms with Crippen molar-refractivity contribution < 1.29 is 14.3 Å². The van der Waals surface area contributed by atoms with E-state index in [0.717, 1.165) is 5.56 Å². The second kappa shape index (κ2) is 8.66. The maximum absolute atomic E-state index is 12.5. The minimum atomic E-state index is -0.451. The highest BCUT2D eigenvalue weighted by Gasteiger charge is 2.14. The third-order valence-electron chi connectivity index (χ3n) is 3.55. The third-order valence-corrected chi connectivity index (χ3v) is 4.68. The molecule has 3 aromatic rings. The van der Waals surface area contributed by atoms with Crippen molar-refractivity contribution in [2.24, 2.45) is 5.73 Å². The quantitative estimate of drug-likeness (QED) is 0.626. The monoisotopic (exact) mass is 401 g/mol. The maximum atomic E-state index is 12.5. The molecule has 0 aliphatic carbocycles. The molecule has 0 fully saturated rings. The van der Waals surface area contributed by atoms with Crippen LogP contribution in [0.4, 0.5) is 5.69 Å². The van der Waals surface area contributed by atoms with Gasteiger partial charge in [0.25, 0.3) is 5.91 Å². The molecule has 138 valence electrons. The van der Waals surface area contributed by atoms with Crippen LogP contribution in [0.2, 0.25) is 5.02 Å². The lowest BCUT2D eigenvalue weighted by atomic mass is 10.2. The summed E-state index contributed by atoms with van der Waals surface area (Å²) in [7, 11) is 0. The summed E-state index contributed by atoms with van der Waals surface area (Å²) in [6.07, 6.45) is 0.0946. The largest absolute Gasteiger partial charge is 0.491 e. The molecule has 2 aromatic carbocycles. The molecule has 2 amide bonds. The number of hydrogen-bond acceptors (Lipinski definition) is 5. The molecule has 1 heterocycles. The van der Waals surface area contributed by atoms with Gasteiger partial charge in [0, 0.05) is 16.0 Å². The van der Waals surface area contributed by atoms with Gasteiger partial charge in [-0.3, -0.25) is 9.59 Å².